The Hall–Kier alpha value is -0.600. The van der Waals surface area contributed by atoms with Crippen LogP contribution in [-0.4, -0.2) is 16.5 Å². The molecular weight excluding hydrogens is 300 g/mol. The SMILES string of the molecule is C=CC(O)C/C=C/CC/C=C/CC/C=C/CCCBr. The van der Waals surface area contributed by atoms with Crippen LogP contribution in [0.3, 0.4) is 0 Å². The van der Waals surface area contributed by atoms with Crippen LogP contribution in [0.4, 0.5) is 0 Å². The average Bonchev–Trinajstić information content (AvgIpc) is 2.43. The summed E-state index contributed by atoms with van der Waals surface area (Å²) in [4.78, 5) is 0. The number of halogens is 1. The van der Waals surface area contributed by atoms with Crippen molar-refractivity contribution in [3.05, 3.63) is 49.1 Å². The van der Waals surface area contributed by atoms with Gasteiger partial charge in [-0.15, -0.1) is 6.58 Å². The van der Waals surface area contributed by atoms with Crippen LogP contribution in [0.25, 0.3) is 0 Å². The zero-order valence-electron chi connectivity index (χ0n) is 11.8. The first-order chi connectivity index (χ1) is 9.31. The quantitative estimate of drug-likeness (QED) is 0.292. The van der Waals surface area contributed by atoms with Gasteiger partial charge in [0.1, 0.15) is 0 Å². The smallest absolute Gasteiger partial charge is 0.0752 e. The number of unbranched alkanes of at least 4 members (excludes halogenated alkanes) is 3. The first-order valence-corrected chi connectivity index (χ1v) is 8.25. The third-order valence-electron chi connectivity index (χ3n) is 2.65. The van der Waals surface area contributed by atoms with E-state index in [-0.39, 0.29) is 0 Å². The van der Waals surface area contributed by atoms with E-state index in [1.807, 2.05) is 6.08 Å². The van der Waals surface area contributed by atoms with Crippen molar-refractivity contribution in [2.45, 2.75) is 51.0 Å². The molecule has 1 atom stereocenters. The van der Waals surface area contributed by atoms with E-state index < -0.39 is 6.10 Å². The standard InChI is InChI=1S/C17H27BrO/c1-2-17(19)15-13-11-9-7-5-3-4-6-8-10-12-14-16-18/h2-3,5,8,10-11,13,17,19H,1,4,6-7,9,12,14-16H2/b5-3+,10-8+,13-11+. The van der Waals surface area contributed by atoms with Gasteiger partial charge in [0.2, 0.25) is 0 Å². The maximum absolute atomic E-state index is 9.24. The molecule has 0 aromatic heterocycles. The summed E-state index contributed by atoms with van der Waals surface area (Å²) in [5, 5.41) is 10.3. The molecule has 2 heteroatoms. The molecule has 19 heavy (non-hydrogen) atoms. The molecule has 0 aliphatic rings. The Bertz CT molecular complexity index is 279. The van der Waals surface area contributed by atoms with Gasteiger partial charge in [0.25, 0.3) is 0 Å². The van der Waals surface area contributed by atoms with Gasteiger partial charge in [-0.2, -0.15) is 0 Å². The fraction of sp³-hybridized carbons (Fsp3) is 0.529. The maximum Gasteiger partial charge on any atom is 0.0752 e. The summed E-state index contributed by atoms with van der Waals surface area (Å²) >= 11 is 3.42. The average molecular weight is 327 g/mol. The van der Waals surface area contributed by atoms with Crippen molar-refractivity contribution in [3.8, 4) is 0 Å². The predicted octanol–water partition coefficient (Wildman–Crippen LogP) is 5.33. The Kier molecular flexibility index (Phi) is 15.0. The van der Waals surface area contributed by atoms with E-state index in [0.29, 0.717) is 6.42 Å². The third kappa shape index (κ3) is 15.3. The molecule has 0 saturated carbocycles. The van der Waals surface area contributed by atoms with Gasteiger partial charge in [0.15, 0.2) is 0 Å². The number of aliphatic hydroxyl groups is 1. The highest BCUT2D eigenvalue weighted by molar-refractivity contribution is 9.09. The van der Waals surface area contributed by atoms with Gasteiger partial charge in [-0.05, 0) is 44.9 Å². The van der Waals surface area contributed by atoms with E-state index in [0.717, 1.165) is 31.0 Å². The van der Waals surface area contributed by atoms with Gasteiger partial charge >= 0.3 is 0 Å². The molecule has 0 radical (unpaired) electrons. The molecule has 0 heterocycles. The summed E-state index contributed by atoms with van der Waals surface area (Å²) in [5.41, 5.74) is 0. The highest BCUT2D eigenvalue weighted by Crippen LogP contribution is 2.01. The number of rotatable bonds is 12. The zero-order valence-corrected chi connectivity index (χ0v) is 13.4. The Morgan fingerprint density at radius 2 is 1.32 bits per heavy atom. The van der Waals surface area contributed by atoms with Gasteiger partial charge in [-0.3, -0.25) is 0 Å². The summed E-state index contributed by atoms with van der Waals surface area (Å²) < 4.78 is 0. The first-order valence-electron chi connectivity index (χ1n) is 7.12. The topological polar surface area (TPSA) is 20.2 Å². The minimum Gasteiger partial charge on any atom is -0.389 e. The molecule has 0 aliphatic heterocycles. The Morgan fingerprint density at radius 3 is 1.79 bits per heavy atom. The van der Waals surface area contributed by atoms with Crippen LogP contribution < -0.4 is 0 Å². The van der Waals surface area contributed by atoms with Gasteiger partial charge in [0, 0.05) is 5.33 Å². The molecule has 0 rings (SSSR count). The number of hydrogen-bond donors (Lipinski definition) is 1. The zero-order chi connectivity index (χ0) is 14.2. The van der Waals surface area contributed by atoms with Crippen LogP contribution in [0, 0.1) is 0 Å². The fourth-order valence-corrected chi connectivity index (χ4v) is 1.82. The highest BCUT2D eigenvalue weighted by atomic mass is 79.9. The van der Waals surface area contributed by atoms with Crippen molar-refractivity contribution >= 4 is 15.9 Å². The van der Waals surface area contributed by atoms with Gasteiger partial charge in [0.05, 0.1) is 6.10 Å². The molecule has 0 spiro atoms. The molecule has 0 fully saturated rings. The lowest BCUT2D eigenvalue weighted by molar-refractivity contribution is 0.227. The minimum absolute atomic E-state index is 0.400. The number of hydrogen-bond acceptors (Lipinski definition) is 1. The summed E-state index contributed by atoms with van der Waals surface area (Å²) in [5.74, 6) is 0. The van der Waals surface area contributed by atoms with Crippen molar-refractivity contribution in [2.75, 3.05) is 5.33 Å². The van der Waals surface area contributed by atoms with Crippen molar-refractivity contribution in [2.24, 2.45) is 0 Å². The second kappa shape index (κ2) is 15.5. The summed E-state index contributed by atoms with van der Waals surface area (Å²) in [6.07, 6.45) is 21.8. The van der Waals surface area contributed by atoms with Crippen molar-refractivity contribution in [1.82, 2.24) is 0 Å². The molecule has 1 N–H and O–H groups in total. The fourth-order valence-electron chi connectivity index (χ4n) is 1.50. The molecule has 0 aromatic carbocycles. The molecule has 1 unspecified atom stereocenters. The van der Waals surface area contributed by atoms with Crippen LogP contribution in [-0.2, 0) is 0 Å². The van der Waals surface area contributed by atoms with Gasteiger partial charge in [-0.25, -0.2) is 0 Å². The predicted molar refractivity (Wildman–Crippen MR) is 89.7 cm³/mol. The van der Waals surface area contributed by atoms with Crippen molar-refractivity contribution < 1.29 is 5.11 Å². The lowest BCUT2D eigenvalue weighted by Crippen LogP contribution is -1.97. The molecule has 1 nitrogen and oxygen atoms in total. The van der Waals surface area contributed by atoms with Gasteiger partial charge in [-0.1, -0.05) is 58.5 Å². The van der Waals surface area contributed by atoms with Crippen molar-refractivity contribution in [3.63, 3.8) is 0 Å². The second-order valence-electron chi connectivity index (χ2n) is 4.44. The lowest BCUT2D eigenvalue weighted by Gasteiger charge is -1.97. The monoisotopic (exact) mass is 326 g/mol. The Morgan fingerprint density at radius 1 is 0.842 bits per heavy atom. The number of alkyl halides is 1. The van der Waals surface area contributed by atoms with E-state index >= 15 is 0 Å². The number of allylic oxidation sites excluding steroid dienone is 5. The summed E-state index contributed by atoms with van der Waals surface area (Å²) in [6, 6.07) is 0. The summed E-state index contributed by atoms with van der Waals surface area (Å²) in [6.45, 7) is 3.54. The molecule has 108 valence electrons. The van der Waals surface area contributed by atoms with E-state index in [1.54, 1.807) is 6.08 Å². The molecule has 0 aliphatic carbocycles. The second-order valence-corrected chi connectivity index (χ2v) is 5.23. The van der Waals surface area contributed by atoms with Crippen LogP contribution >= 0.6 is 15.9 Å². The van der Waals surface area contributed by atoms with Gasteiger partial charge < -0.3 is 5.11 Å². The van der Waals surface area contributed by atoms with Crippen LogP contribution in [0.5, 0.6) is 0 Å². The normalized spacial score (nSPS) is 13.8. The summed E-state index contributed by atoms with van der Waals surface area (Å²) in [7, 11) is 0. The largest absolute Gasteiger partial charge is 0.389 e. The van der Waals surface area contributed by atoms with Crippen LogP contribution in [0.15, 0.2) is 49.1 Å². The molecular formula is C17H27BrO. The Labute approximate surface area is 126 Å². The van der Waals surface area contributed by atoms with E-state index in [4.69, 9.17) is 0 Å². The van der Waals surface area contributed by atoms with Crippen LogP contribution in [0.2, 0.25) is 0 Å². The molecule has 0 saturated heterocycles. The van der Waals surface area contributed by atoms with Crippen molar-refractivity contribution in [1.29, 1.82) is 0 Å². The lowest BCUT2D eigenvalue weighted by atomic mass is 10.2. The third-order valence-corrected chi connectivity index (χ3v) is 3.21. The molecule has 0 aromatic rings. The first kappa shape index (κ1) is 18.4. The molecule has 0 amide bonds. The molecule has 0 bridgehead atoms. The Balaban J connectivity index is 3.34. The minimum atomic E-state index is -0.400. The number of aliphatic hydroxyl groups excluding tert-OH is 1. The van der Waals surface area contributed by atoms with E-state index in [2.05, 4.69) is 52.9 Å². The van der Waals surface area contributed by atoms with Crippen LogP contribution in [0.1, 0.15) is 44.9 Å². The van der Waals surface area contributed by atoms with E-state index in [1.165, 1.54) is 12.8 Å². The van der Waals surface area contributed by atoms with E-state index in [9.17, 15) is 5.11 Å². The highest BCUT2D eigenvalue weighted by Gasteiger charge is 1.90. The maximum atomic E-state index is 9.24.